The van der Waals surface area contributed by atoms with Crippen molar-refractivity contribution in [1.82, 2.24) is 45.1 Å². The number of fused-ring (bicyclic) bond motifs is 1. The third-order valence-electron chi connectivity index (χ3n) is 20.7. The number of amidine groups is 1. The molecule has 3 saturated heterocycles. The average molecular weight is 1620 g/mol. The third-order valence-corrected chi connectivity index (χ3v) is 20.7. The number of nitrogens with two attached hydrogens (primary N) is 1. The molecule has 2 atom stereocenters. The first-order chi connectivity index (χ1) is 54.7. The van der Waals surface area contributed by atoms with Gasteiger partial charge < -0.3 is 59.4 Å². The van der Waals surface area contributed by atoms with Crippen LogP contribution in [0.1, 0.15) is 147 Å². The molecule has 3 aliphatic carbocycles. The Kier molecular flexibility index (Phi) is 26.2. The number of likely N-dealkylation sites (tertiary alicyclic amines) is 3. The van der Waals surface area contributed by atoms with E-state index in [0.717, 1.165) is 91.3 Å². The first kappa shape index (κ1) is 86.9. The maximum absolute atomic E-state index is 13.0. The second kappa shape index (κ2) is 35.3. The monoisotopic (exact) mass is 1610 g/mol. The van der Waals surface area contributed by atoms with E-state index in [9.17, 15) is 33.9 Å². The number of hydrogen-bond donors (Lipinski definition) is 6. The van der Waals surface area contributed by atoms with Gasteiger partial charge in [0.1, 0.15) is 74.6 Å². The first-order valence-corrected chi connectivity index (χ1v) is 38.0. The number of aliphatic hydroxyl groups is 1. The fraction of sp³-hybridized carbons (Fsp3) is 0.395. The number of aliphatic hydroxyl groups excluding tert-OH is 1. The van der Waals surface area contributed by atoms with Crippen LogP contribution >= 0.6 is 12.4 Å². The number of aromatic nitrogens is 4. The van der Waals surface area contributed by atoms with Crippen LogP contribution in [-0.2, 0) is 19.0 Å². The van der Waals surface area contributed by atoms with Gasteiger partial charge in [-0.1, -0.05) is 78.9 Å². The molecule has 3 saturated carbocycles. The quantitative estimate of drug-likeness (QED) is 0.0270. The average Bonchev–Trinajstić information content (AvgIpc) is 1.65. The molecule has 614 valence electrons. The van der Waals surface area contributed by atoms with Crippen LogP contribution in [0.3, 0.4) is 0 Å². The van der Waals surface area contributed by atoms with Crippen LogP contribution in [-0.4, -0.2) is 172 Å². The van der Waals surface area contributed by atoms with Gasteiger partial charge >= 0.3 is 18.3 Å². The standard InChI is InChI=1S/C29H30N4O4.C28H32N6O4.C18H13N3O2.C11H19NO3.ClH.H2N2.H2O/c1-19(34)26-25(30-5)24(20-11-13-23(14-12-20)36-22-9-7-6-8-10-22)31-33(26)21-15-29(16-21)17-32(18-29)27(35)37-28(2,3)4;1-27(2,3)38-26(36)33-15-28(16-33)13-18(14-28)34-23-21(24(29)30-31-25(23)35)22(32-34)17-9-11-20(12-10-17)37-19-7-5-4-6-8-19;1-12(22)16-18(19-2)17(21-20-16)13-8-10-15(11-9-13)23-14-6-4-3-5-7-14;1-10(2,3)15-9(14)12-6-11(7-12)4-8(13)5-11;;1-2;/h6-14,21H,15-18H2,1-4H3;4-12,18,21,23H,13-16H2,1-3H3,(H2,29,30)(H,31,35);3-11H,1H3,(H,20,21);8,13H,4-7H2,1-3H3;1H;1-2H;1H2. The van der Waals surface area contributed by atoms with Crippen molar-refractivity contribution in [2.45, 2.75) is 156 Å². The predicted molar refractivity (Wildman–Crippen MR) is 439 cm³/mol. The summed E-state index contributed by atoms with van der Waals surface area (Å²) in [5, 5.41) is 31.6. The Morgan fingerprint density at radius 2 is 0.880 bits per heavy atom. The van der Waals surface area contributed by atoms with Gasteiger partial charge in [-0.05, 0) is 216 Å². The van der Waals surface area contributed by atoms with Gasteiger partial charge in [0.2, 0.25) is 11.4 Å². The molecular formula is C86H99ClN16O14. The number of ketones is 2. The number of hydrogen-bond acceptors (Lipinski definition) is 21. The summed E-state index contributed by atoms with van der Waals surface area (Å²) in [6.45, 7) is 38.8. The van der Waals surface area contributed by atoms with E-state index in [-0.39, 0.29) is 105 Å². The summed E-state index contributed by atoms with van der Waals surface area (Å²) >= 11 is 0. The van der Waals surface area contributed by atoms with Gasteiger partial charge in [0.05, 0.1) is 48.3 Å². The van der Waals surface area contributed by atoms with Crippen molar-refractivity contribution in [2.24, 2.45) is 38.1 Å². The highest BCUT2D eigenvalue weighted by atomic mass is 35.5. The Bertz CT molecular complexity index is 5030. The van der Waals surface area contributed by atoms with Gasteiger partial charge in [-0.2, -0.15) is 20.4 Å². The van der Waals surface area contributed by atoms with Crippen LogP contribution in [0.4, 0.5) is 25.8 Å². The van der Waals surface area contributed by atoms with E-state index in [4.69, 9.17) is 68.6 Å². The van der Waals surface area contributed by atoms with Crippen molar-refractivity contribution >= 4 is 71.1 Å². The van der Waals surface area contributed by atoms with Crippen molar-refractivity contribution in [3.63, 3.8) is 0 Å². The molecule has 7 heterocycles. The van der Waals surface area contributed by atoms with E-state index >= 15 is 0 Å². The SMILES string of the molecule is CC(C)(C)OC(=O)N1CC2(CC(N3N=C(c4ccc(Oc5ccccc5)cc4)C4C(N)=NNC(=O)C43)C2)C1.CC(C)(C)OC(=O)N1CC2(CC(O)C2)C1.Cl.N=N.O.[C-]#[N+]c1c(-c2ccc(Oc3ccccc3)cc2)n[nH]c1C(C)=O.[C-]#[N+]c1c(-c2ccc(Oc3ccccc3)cc2)nn(C2CC3(C2)CN(C(=O)OC(C)(C)C)C3)c1C(C)=O. The summed E-state index contributed by atoms with van der Waals surface area (Å²) in [5.41, 5.74) is 22.9. The van der Waals surface area contributed by atoms with E-state index in [2.05, 4.69) is 30.4 Å². The van der Waals surface area contributed by atoms with Crippen molar-refractivity contribution < 1.29 is 67.8 Å². The fourth-order valence-corrected chi connectivity index (χ4v) is 15.7. The molecule has 4 amide bonds. The maximum Gasteiger partial charge on any atom is 0.410 e. The van der Waals surface area contributed by atoms with E-state index < -0.39 is 28.8 Å². The summed E-state index contributed by atoms with van der Waals surface area (Å²) < 4.78 is 35.5. The Labute approximate surface area is 685 Å². The van der Waals surface area contributed by atoms with Crippen molar-refractivity contribution in [2.75, 3.05) is 39.3 Å². The summed E-state index contributed by atoms with van der Waals surface area (Å²) in [6, 6.07) is 50.4. The summed E-state index contributed by atoms with van der Waals surface area (Å²) in [6.07, 6.45) is 4.04. The van der Waals surface area contributed by atoms with E-state index in [1.54, 1.807) is 31.5 Å². The molecule has 30 nitrogen and oxygen atoms in total. The topological polar surface area (TPSA) is 388 Å². The largest absolute Gasteiger partial charge is 0.457 e. The van der Waals surface area contributed by atoms with Gasteiger partial charge in [-0.3, -0.25) is 29.2 Å². The van der Waals surface area contributed by atoms with Crippen molar-refractivity contribution in [3.05, 3.63) is 204 Å². The molecule has 5 aliphatic heterocycles. The first-order valence-electron chi connectivity index (χ1n) is 38.0. The minimum absolute atomic E-state index is 0. The molecule has 6 aromatic carbocycles. The normalized spacial score (nSPS) is 18.6. The number of nitrogens with zero attached hydrogens (tertiary/aromatic N) is 11. The molecule has 6 fully saturated rings. The number of hydrazone groups is 2. The molecule has 31 heteroatoms. The fourth-order valence-electron chi connectivity index (χ4n) is 15.7. The van der Waals surface area contributed by atoms with Crippen LogP contribution in [0.5, 0.6) is 34.5 Å². The third kappa shape index (κ3) is 20.1. The Morgan fingerprint density at radius 3 is 1.24 bits per heavy atom. The highest BCUT2D eigenvalue weighted by Gasteiger charge is 2.61. The highest BCUT2D eigenvalue weighted by molar-refractivity contribution is 6.19. The Hall–Kier alpha value is -12.5. The van der Waals surface area contributed by atoms with Crippen molar-refractivity contribution in [1.29, 1.82) is 11.1 Å². The number of Topliss-reactive ketones (excluding diaryl/α,β-unsaturated/α-hetero) is 2. The van der Waals surface area contributed by atoms with E-state index in [1.165, 1.54) is 13.8 Å². The molecule has 2 unspecified atom stereocenters. The second-order valence-corrected chi connectivity index (χ2v) is 33.4. The Balaban J connectivity index is 0.000000170. The molecule has 8 aliphatic rings. The molecule has 2 aromatic heterocycles. The number of halogens is 1. The summed E-state index contributed by atoms with van der Waals surface area (Å²) in [4.78, 5) is 85.7. The number of nitrogens with one attached hydrogen (secondary N) is 4. The number of carbonyl (C=O) groups excluding carboxylic acids is 6. The molecule has 0 radical (unpaired) electrons. The zero-order chi connectivity index (χ0) is 82.5. The number of benzene rings is 6. The summed E-state index contributed by atoms with van der Waals surface area (Å²) in [7, 11) is 0. The van der Waals surface area contributed by atoms with Crippen LogP contribution in [0.15, 0.2) is 174 Å². The number of para-hydroxylation sites is 3. The number of rotatable bonds is 13. The van der Waals surface area contributed by atoms with Crippen LogP contribution in [0.2, 0.25) is 0 Å². The van der Waals surface area contributed by atoms with Gasteiger partial charge in [-0.15, -0.1) is 12.4 Å². The summed E-state index contributed by atoms with van der Waals surface area (Å²) in [5.74, 6) is 3.61. The van der Waals surface area contributed by atoms with E-state index in [1.807, 2.05) is 219 Å². The lowest BCUT2D eigenvalue weighted by atomic mass is 9.60. The van der Waals surface area contributed by atoms with Crippen LogP contribution in [0.25, 0.3) is 32.2 Å². The molecule has 8 aromatic rings. The minimum Gasteiger partial charge on any atom is -0.457 e. The number of H-pyrrole nitrogens is 1. The second-order valence-electron chi connectivity index (χ2n) is 33.4. The zero-order valence-electron chi connectivity index (χ0n) is 67.2. The number of carbonyl (C=O) groups is 6. The van der Waals surface area contributed by atoms with Gasteiger partial charge in [0.15, 0.2) is 11.6 Å². The van der Waals surface area contributed by atoms with Crippen LogP contribution in [0, 0.1) is 46.4 Å². The molecule has 3 spiro atoms. The Morgan fingerprint density at radius 1 is 0.521 bits per heavy atom. The molecule has 0 bridgehead atoms. The van der Waals surface area contributed by atoms with Gasteiger partial charge in [0, 0.05) is 61.6 Å². The smallest absolute Gasteiger partial charge is 0.410 e. The lowest BCUT2D eigenvalue weighted by molar-refractivity contribution is -0.137. The zero-order valence-corrected chi connectivity index (χ0v) is 68.0. The molecular weight excluding hydrogens is 1520 g/mol. The molecule has 117 heavy (non-hydrogen) atoms. The van der Waals surface area contributed by atoms with Crippen LogP contribution < -0.4 is 25.4 Å². The van der Waals surface area contributed by atoms with Gasteiger partial charge in [-0.25, -0.2) is 40.6 Å². The minimum atomic E-state index is -0.549. The van der Waals surface area contributed by atoms with Crippen molar-refractivity contribution in [3.8, 4) is 57.0 Å². The number of aromatic amines is 1. The lowest BCUT2D eigenvalue weighted by Crippen LogP contribution is -2.69. The maximum atomic E-state index is 13.0. The molecule has 16 rings (SSSR count). The number of ether oxygens (including phenoxy) is 6. The molecule has 9 N–H and O–H groups in total. The number of amides is 4. The predicted octanol–water partition coefficient (Wildman–Crippen LogP) is 16.1. The van der Waals surface area contributed by atoms with Gasteiger partial charge in [0.25, 0.3) is 5.91 Å². The lowest BCUT2D eigenvalue weighted by Gasteiger charge is -2.60. The van der Waals surface area contributed by atoms with E-state index in [0.29, 0.717) is 66.3 Å². The highest BCUT2D eigenvalue weighted by Crippen LogP contribution is 2.56.